The minimum absolute atomic E-state index is 0.344. The average molecular weight is 284 g/mol. The van der Waals surface area contributed by atoms with E-state index in [0.29, 0.717) is 12.1 Å². The maximum absolute atomic E-state index is 6.46. The van der Waals surface area contributed by atoms with E-state index < -0.39 is 0 Å². The van der Waals surface area contributed by atoms with Crippen molar-refractivity contribution in [3.63, 3.8) is 0 Å². The van der Waals surface area contributed by atoms with Gasteiger partial charge in [0, 0.05) is 18.6 Å². The summed E-state index contributed by atoms with van der Waals surface area (Å²) in [5, 5.41) is 0. The molecule has 20 heavy (non-hydrogen) atoms. The predicted molar refractivity (Wildman–Crippen MR) is 89.1 cm³/mol. The molecule has 0 amide bonds. The fraction of sp³-hybridized carbons (Fsp3) is 1.00. The summed E-state index contributed by atoms with van der Waals surface area (Å²) in [6, 6.07) is 0.888. The summed E-state index contributed by atoms with van der Waals surface area (Å²) in [7, 11) is 4.47. The van der Waals surface area contributed by atoms with Gasteiger partial charge in [-0.1, -0.05) is 51.9 Å². The van der Waals surface area contributed by atoms with Crippen LogP contribution in [0.2, 0.25) is 0 Å². The van der Waals surface area contributed by atoms with Gasteiger partial charge in [-0.05, 0) is 40.0 Å². The molecule has 0 aromatic rings. The minimum atomic E-state index is 0.344. The molecular weight excluding hydrogens is 246 g/mol. The molecule has 1 saturated heterocycles. The Morgan fingerprint density at radius 2 is 1.65 bits per heavy atom. The lowest BCUT2D eigenvalue weighted by Gasteiger charge is -2.32. The molecule has 1 fully saturated rings. The lowest BCUT2D eigenvalue weighted by Crippen LogP contribution is -2.50. The molecule has 1 rings (SSSR count). The SMILES string of the molecule is CCCCCCCCCC(N)C1CN(C)CCCN1C. The zero-order valence-electron chi connectivity index (χ0n) is 14.1. The number of nitrogens with two attached hydrogens (primary N) is 1. The minimum Gasteiger partial charge on any atom is -0.326 e. The van der Waals surface area contributed by atoms with Gasteiger partial charge < -0.3 is 15.5 Å². The fourth-order valence-electron chi connectivity index (χ4n) is 3.30. The highest BCUT2D eigenvalue weighted by molar-refractivity contribution is 4.85. The molecule has 0 spiro atoms. The van der Waals surface area contributed by atoms with Crippen molar-refractivity contribution in [1.29, 1.82) is 0 Å². The number of hydrogen-bond donors (Lipinski definition) is 1. The molecule has 2 unspecified atom stereocenters. The van der Waals surface area contributed by atoms with Gasteiger partial charge in [0.2, 0.25) is 0 Å². The Morgan fingerprint density at radius 1 is 1.00 bits per heavy atom. The first-order chi connectivity index (χ1) is 9.65. The van der Waals surface area contributed by atoms with E-state index in [1.807, 2.05) is 0 Å². The van der Waals surface area contributed by atoms with Crippen molar-refractivity contribution in [2.75, 3.05) is 33.7 Å². The van der Waals surface area contributed by atoms with Crippen LogP contribution in [0, 0.1) is 0 Å². The molecule has 1 aliphatic heterocycles. The van der Waals surface area contributed by atoms with Gasteiger partial charge in [-0.2, -0.15) is 0 Å². The highest BCUT2D eigenvalue weighted by atomic mass is 15.2. The maximum Gasteiger partial charge on any atom is 0.0371 e. The third kappa shape index (κ3) is 7.05. The van der Waals surface area contributed by atoms with Crippen LogP contribution in [0.4, 0.5) is 0 Å². The zero-order valence-corrected chi connectivity index (χ0v) is 14.1. The van der Waals surface area contributed by atoms with Gasteiger partial charge in [0.05, 0.1) is 0 Å². The van der Waals surface area contributed by atoms with E-state index in [1.165, 1.54) is 70.9 Å². The molecule has 0 saturated carbocycles. The number of unbranched alkanes of at least 4 members (excludes halogenated alkanes) is 6. The Labute approximate surface area is 126 Å². The van der Waals surface area contributed by atoms with Gasteiger partial charge in [0.15, 0.2) is 0 Å². The quantitative estimate of drug-likeness (QED) is 0.660. The first-order valence-corrected chi connectivity index (χ1v) is 8.79. The van der Waals surface area contributed by atoms with Crippen molar-refractivity contribution in [3.05, 3.63) is 0 Å². The molecule has 2 atom stereocenters. The smallest absolute Gasteiger partial charge is 0.0371 e. The van der Waals surface area contributed by atoms with Crippen molar-refractivity contribution in [2.45, 2.75) is 76.8 Å². The van der Waals surface area contributed by atoms with Crippen LogP contribution in [-0.4, -0.2) is 55.6 Å². The van der Waals surface area contributed by atoms with Crippen LogP contribution in [0.25, 0.3) is 0 Å². The molecule has 2 N–H and O–H groups in total. The van der Waals surface area contributed by atoms with Crippen molar-refractivity contribution in [2.24, 2.45) is 5.73 Å². The second-order valence-electron chi connectivity index (χ2n) is 6.74. The van der Waals surface area contributed by atoms with Crippen LogP contribution >= 0.6 is 0 Å². The molecule has 0 bridgehead atoms. The predicted octanol–water partition coefficient (Wildman–Crippen LogP) is 3.09. The molecule has 1 aliphatic rings. The van der Waals surface area contributed by atoms with E-state index in [0.717, 1.165) is 6.54 Å². The summed E-state index contributed by atoms with van der Waals surface area (Å²) in [6.07, 6.45) is 12.1. The van der Waals surface area contributed by atoms with Gasteiger partial charge in [-0.15, -0.1) is 0 Å². The second-order valence-corrected chi connectivity index (χ2v) is 6.74. The largest absolute Gasteiger partial charge is 0.326 e. The Balaban J connectivity index is 2.15. The summed E-state index contributed by atoms with van der Waals surface area (Å²) in [6.45, 7) is 5.82. The molecule has 0 aromatic heterocycles. The molecule has 1 heterocycles. The zero-order chi connectivity index (χ0) is 14.8. The first-order valence-electron chi connectivity index (χ1n) is 8.79. The van der Waals surface area contributed by atoms with Crippen LogP contribution < -0.4 is 5.73 Å². The van der Waals surface area contributed by atoms with Crippen molar-refractivity contribution in [1.82, 2.24) is 9.80 Å². The third-order valence-electron chi connectivity index (χ3n) is 4.75. The lowest BCUT2D eigenvalue weighted by atomic mass is 9.99. The van der Waals surface area contributed by atoms with Crippen molar-refractivity contribution in [3.8, 4) is 0 Å². The van der Waals surface area contributed by atoms with E-state index in [4.69, 9.17) is 5.73 Å². The Morgan fingerprint density at radius 3 is 2.35 bits per heavy atom. The number of nitrogens with zero attached hydrogens (tertiary/aromatic N) is 2. The van der Waals surface area contributed by atoms with Crippen LogP contribution in [0.3, 0.4) is 0 Å². The van der Waals surface area contributed by atoms with E-state index in [2.05, 4.69) is 30.8 Å². The summed E-state index contributed by atoms with van der Waals surface area (Å²) in [5.41, 5.74) is 6.46. The fourth-order valence-corrected chi connectivity index (χ4v) is 3.30. The highest BCUT2D eigenvalue weighted by Gasteiger charge is 2.25. The summed E-state index contributed by atoms with van der Waals surface area (Å²) in [5.74, 6) is 0. The van der Waals surface area contributed by atoms with E-state index in [9.17, 15) is 0 Å². The molecule has 3 nitrogen and oxygen atoms in total. The number of hydrogen-bond acceptors (Lipinski definition) is 3. The molecule has 0 aliphatic carbocycles. The normalized spacial score (nSPS) is 23.7. The highest BCUT2D eigenvalue weighted by Crippen LogP contribution is 2.15. The maximum atomic E-state index is 6.46. The molecule has 0 aromatic carbocycles. The van der Waals surface area contributed by atoms with E-state index in [-0.39, 0.29) is 0 Å². The number of likely N-dealkylation sites (N-methyl/N-ethyl adjacent to an activating group) is 2. The number of rotatable bonds is 9. The van der Waals surface area contributed by atoms with Gasteiger partial charge in [0.1, 0.15) is 0 Å². The topological polar surface area (TPSA) is 32.5 Å². The van der Waals surface area contributed by atoms with Gasteiger partial charge in [0.25, 0.3) is 0 Å². The van der Waals surface area contributed by atoms with Crippen molar-refractivity contribution < 1.29 is 0 Å². The molecule has 3 heteroatoms. The van der Waals surface area contributed by atoms with Crippen LogP contribution in [-0.2, 0) is 0 Å². The van der Waals surface area contributed by atoms with Crippen molar-refractivity contribution >= 4 is 0 Å². The molecule has 120 valence electrons. The summed E-state index contributed by atoms with van der Waals surface area (Å²) >= 11 is 0. The van der Waals surface area contributed by atoms with Gasteiger partial charge in [-0.25, -0.2) is 0 Å². The third-order valence-corrected chi connectivity index (χ3v) is 4.75. The van der Waals surface area contributed by atoms with E-state index in [1.54, 1.807) is 0 Å². The molecule has 0 radical (unpaired) electrons. The standard InChI is InChI=1S/C17H37N3/c1-4-5-6-7-8-9-10-12-16(18)17-15-19(2)13-11-14-20(17)3/h16-17H,4-15,18H2,1-3H3. The average Bonchev–Trinajstić information content (AvgIpc) is 2.59. The molecular formula is C17H37N3. The summed E-state index contributed by atoms with van der Waals surface area (Å²) < 4.78 is 0. The Hall–Kier alpha value is -0.120. The monoisotopic (exact) mass is 283 g/mol. The Bertz CT molecular complexity index is 232. The van der Waals surface area contributed by atoms with Crippen LogP contribution in [0.1, 0.15) is 64.7 Å². The van der Waals surface area contributed by atoms with Gasteiger partial charge in [-0.3, -0.25) is 0 Å². The Kier molecular flexibility index (Phi) is 9.49. The van der Waals surface area contributed by atoms with Crippen LogP contribution in [0.5, 0.6) is 0 Å². The summed E-state index contributed by atoms with van der Waals surface area (Å²) in [4.78, 5) is 4.92. The van der Waals surface area contributed by atoms with Crippen LogP contribution in [0.15, 0.2) is 0 Å². The van der Waals surface area contributed by atoms with E-state index >= 15 is 0 Å². The lowest BCUT2D eigenvalue weighted by molar-refractivity contribution is 0.189. The second kappa shape index (κ2) is 10.6. The van der Waals surface area contributed by atoms with Gasteiger partial charge >= 0.3 is 0 Å². The first kappa shape index (κ1) is 17.9.